The maximum absolute atomic E-state index is 5.28. The Bertz CT molecular complexity index is 153. The largest absolute Gasteiger partial charge is 0.281 e. The molecule has 1 spiro atoms. The zero-order valence-corrected chi connectivity index (χ0v) is 8.25. The average Bonchev–Trinajstić information content (AvgIpc) is 2.02. The minimum absolute atomic E-state index is 0.882. The maximum Gasteiger partial charge on any atom is 0.190 e. The van der Waals surface area contributed by atoms with E-state index in [1.54, 1.807) is 0 Å². The molecular formula is C10H20NO+. The van der Waals surface area contributed by atoms with Gasteiger partial charge in [0, 0.05) is 0 Å². The van der Waals surface area contributed by atoms with Crippen molar-refractivity contribution in [2.45, 2.75) is 26.7 Å². The van der Waals surface area contributed by atoms with Gasteiger partial charge in [-0.25, -0.2) is 0 Å². The Morgan fingerprint density at radius 2 is 1.75 bits per heavy atom. The Balaban J connectivity index is 1.84. The number of piperidine rings is 1. The van der Waals surface area contributed by atoms with Gasteiger partial charge in [-0.3, -0.25) is 9.22 Å². The molecule has 2 aliphatic heterocycles. The fourth-order valence-electron chi connectivity index (χ4n) is 2.41. The van der Waals surface area contributed by atoms with Gasteiger partial charge in [0.1, 0.15) is 0 Å². The number of hydrogen-bond acceptors (Lipinski definition) is 1. The highest BCUT2D eigenvalue weighted by atomic mass is 16.6. The van der Waals surface area contributed by atoms with Crippen molar-refractivity contribution >= 4 is 0 Å². The predicted octanol–water partition coefficient (Wildman–Crippen LogP) is 1.81. The summed E-state index contributed by atoms with van der Waals surface area (Å²) in [7, 11) is 0. The van der Waals surface area contributed by atoms with Crippen molar-refractivity contribution in [3.8, 4) is 0 Å². The van der Waals surface area contributed by atoms with E-state index in [4.69, 9.17) is 4.74 Å². The summed E-state index contributed by atoms with van der Waals surface area (Å²) in [4.78, 5) is 0. The van der Waals surface area contributed by atoms with Gasteiger partial charge in [-0.15, -0.1) is 0 Å². The second kappa shape index (κ2) is 3.00. The number of hydrogen-bond donors (Lipinski definition) is 0. The lowest BCUT2D eigenvalue weighted by atomic mass is 9.86. The van der Waals surface area contributed by atoms with E-state index >= 15 is 0 Å². The summed E-state index contributed by atoms with van der Waals surface area (Å²) in [5, 5.41) is 0. The Morgan fingerprint density at radius 1 is 1.17 bits per heavy atom. The van der Waals surface area contributed by atoms with Crippen molar-refractivity contribution in [2.24, 2.45) is 11.8 Å². The van der Waals surface area contributed by atoms with Gasteiger partial charge >= 0.3 is 0 Å². The molecule has 2 rings (SSSR count). The average molecular weight is 170 g/mol. The van der Waals surface area contributed by atoms with Crippen LogP contribution in [-0.2, 0) is 4.74 Å². The molecule has 2 heteroatoms. The second-order valence-corrected chi connectivity index (χ2v) is 4.83. The topological polar surface area (TPSA) is 9.23 Å². The minimum atomic E-state index is 0.882. The van der Waals surface area contributed by atoms with Crippen LogP contribution < -0.4 is 0 Å². The summed E-state index contributed by atoms with van der Waals surface area (Å²) >= 11 is 0. The lowest BCUT2D eigenvalue weighted by Gasteiger charge is -2.49. The summed E-state index contributed by atoms with van der Waals surface area (Å²) in [6.07, 6.45) is 2.84. The quantitative estimate of drug-likeness (QED) is 0.545. The standard InChI is InChI=1S/C10H20NO/c1-9(2)10-3-5-11(6-4-10)7-12-8-11/h9-10H,3-8H2,1-2H3/q+1. The van der Waals surface area contributed by atoms with Crippen molar-refractivity contribution in [3.05, 3.63) is 0 Å². The fraction of sp³-hybridized carbons (Fsp3) is 1.00. The van der Waals surface area contributed by atoms with Crippen molar-refractivity contribution in [3.63, 3.8) is 0 Å². The molecule has 70 valence electrons. The minimum Gasteiger partial charge on any atom is -0.281 e. The monoisotopic (exact) mass is 170 g/mol. The molecule has 0 N–H and O–H groups in total. The molecule has 0 saturated carbocycles. The summed E-state index contributed by atoms with van der Waals surface area (Å²) in [5.41, 5.74) is 0. The summed E-state index contributed by atoms with van der Waals surface area (Å²) in [5.74, 6) is 1.86. The second-order valence-electron chi connectivity index (χ2n) is 4.83. The van der Waals surface area contributed by atoms with Gasteiger partial charge in [-0.05, 0) is 24.7 Å². The predicted molar refractivity (Wildman–Crippen MR) is 48.4 cm³/mol. The van der Waals surface area contributed by atoms with E-state index in [2.05, 4.69) is 13.8 Å². The third kappa shape index (κ3) is 1.38. The first-order valence-corrected chi connectivity index (χ1v) is 5.15. The highest BCUT2D eigenvalue weighted by Gasteiger charge is 2.40. The SMILES string of the molecule is CC(C)C1CC[N+]2(CC1)COC2. The first-order valence-electron chi connectivity index (χ1n) is 5.15. The maximum atomic E-state index is 5.28. The lowest BCUT2D eigenvalue weighted by Crippen LogP contribution is -2.62. The molecule has 0 radical (unpaired) electrons. The van der Waals surface area contributed by atoms with Gasteiger partial charge in [0.05, 0.1) is 13.1 Å². The van der Waals surface area contributed by atoms with Crippen LogP contribution in [0.15, 0.2) is 0 Å². The summed E-state index contributed by atoms with van der Waals surface area (Å²) in [6, 6.07) is 0. The lowest BCUT2D eigenvalue weighted by molar-refractivity contribution is -1.03. The molecule has 0 aliphatic carbocycles. The zero-order chi connectivity index (χ0) is 8.60. The molecular weight excluding hydrogens is 150 g/mol. The van der Waals surface area contributed by atoms with Crippen LogP contribution in [0.5, 0.6) is 0 Å². The molecule has 12 heavy (non-hydrogen) atoms. The van der Waals surface area contributed by atoms with E-state index in [9.17, 15) is 0 Å². The number of ether oxygens (including phenoxy) is 1. The van der Waals surface area contributed by atoms with E-state index in [1.807, 2.05) is 0 Å². The molecule has 0 atom stereocenters. The Morgan fingerprint density at radius 3 is 2.08 bits per heavy atom. The summed E-state index contributed by atoms with van der Waals surface area (Å²) < 4.78 is 6.55. The molecule has 0 aromatic heterocycles. The molecule has 0 amide bonds. The van der Waals surface area contributed by atoms with E-state index in [0.717, 1.165) is 25.3 Å². The molecule has 0 unspecified atom stereocenters. The van der Waals surface area contributed by atoms with Gasteiger partial charge in [-0.2, -0.15) is 0 Å². The van der Waals surface area contributed by atoms with E-state index in [-0.39, 0.29) is 0 Å². The highest BCUT2D eigenvalue weighted by molar-refractivity contribution is 4.68. The highest BCUT2D eigenvalue weighted by Crippen LogP contribution is 2.31. The third-order valence-electron chi connectivity index (χ3n) is 3.62. The molecule has 2 nitrogen and oxygen atoms in total. The third-order valence-corrected chi connectivity index (χ3v) is 3.62. The van der Waals surface area contributed by atoms with E-state index < -0.39 is 0 Å². The fourth-order valence-corrected chi connectivity index (χ4v) is 2.41. The van der Waals surface area contributed by atoms with Crippen LogP contribution in [0.2, 0.25) is 0 Å². The van der Waals surface area contributed by atoms with Crippen LogP contribution in [0, 0.1) is 11.8 Å². The van der Waals surface area contributed by atoms with Crippen LogP contribution in [0.25, 0.3) is 0 Å². The van der Waals surface area contributed by atoms with Crippen LogP contribution >= 0.6 is 0 Å². The smallest absolute Gasteiger partial charge is 0.190 e. The Hall–Kier alpha value is -0.0800. The van der Waals surface area contributed by atoms with Crippen LogP contribution in [0.4, 0.5) is 0 Å². The molecule has 2 heterocycles. The zero-order valence-electron chi connectivity index (χ0n) is 8.25. The first kappa shape index (κ1) is 8.52. The number of rotatable bonds is 1. The summed E-state index contributed by atoms with van der Waals surface area (Å²) in [6.45, 7) is 9.42. The van der Waals surface area contributed by atoms with Crippen LogP contribution in [0.1, 0.15) is 26.7 Å². The van der Waals surface area contributed by atoms with Crippen molar-refractivity contribution < 1.29 is 9.22 Å². The van der Waals surface area contributed by atoms with Crippen molar-refractivity contribution in [1.29, 1.82) is 0 Å². The number of nitrogens with zero attached hydrogens (tertiary/aromatic N) is 1. The van der Waals surface area contributed by atoms with Gasteiger partial charge in [0.15, 0.2) is 13.5 Å². The number of quaternary nitrogens is 1. The molecule has 2 fully saturated rings. The van der Waals surface area contributed by atoms with Gasteiger partial charge in [0.25, 0.3) is 0 Å². The van der Waals surface area contributed by atoms with E-state index in [0.29, 0.717) is 0 Å². The van der Waals surface area contributed by atoms with Gasteiger partial charge < -0.3 is 0 Å². The van der Waals surface area contributed by atoms with E-state index in [1.165, 1.54) is 30.4 Å². The first-order chi connectivity index (χ1) is 5.72. The molecule has 2 saturated heterocycles. The molecule has 0 aromatic rings. The molecule has 2 aliphatic rings. The van der Waals surface area contributed by atoms with Gasteiger partial charge in [-0.1, -0.05) is 13.8 Å². The van der Waals surface area contributed by atoms with Gasteiger partial charge in [0.2, 0.25) is 0 Å². The Labute approximate surface area is 75.1 Å². The normalized spacial score (nSPS) is 29.2. The van der Waals surface area contributed by atoms with Crippen molar-refractivity contribution in [1.82, 2.24) is 0 Å². The molecule has 0 aromatic carbocycles. The Kier molecular flexibility index (Phi) is 2.13. The molecule has 0 bridgehead atoms. The van der Waals surface area contributed by atoms with Crippen molar-refractivity contribution in [2.75, 3.05) is 26.6 Å². The van der Waals surface area contributed by atoms with Crippen LogP contribution in [0.3, 0.4) is 0 Å². The van der Waals surface area contributed by atoms with Crippen LogP contribution in [-0.4, -0.2) is 31.0 Å².